The van der Waals surface area contributed by atoms with Crippen molar-refractivity contribution in [1.29, 1.82) is 0 Å². The summed E-state index contributed by atoms with van der Waals surface area (Å²) in [6.45, 7) is 1.92. The van der Waals surface area contributed by atoms with Crippen molar-refractivity contribution in [2.75, 3.05) is 27.5 Å². The lowest BCUT2D eigenvalue weighted by molar-refractivity contribution is 0.0967. The van der Waals surface area contributed by atoms with E-state index in [4.69, 9.17) is 18.6 Å². The molecule has 3 aromatic carbocycles. The predicted molar refractivity (Wildman–Crippen MR) is 127 cm³/mol. The number of ether oxygens (including phenoxy) is 3. The fourth-order valence-corrected chi connectivity index (χ4v) is 4.23. The molecule has 0 N–H and O–H groups in total. The lowest BCUT2D eigenvalue weighted by atomic mass is 10.0. The first-order valence-corrected chi connectivity index (χ1v) is 10.9. The zero-order valence-corrected chi connectivity index (χ0v) is 18.7. The van der Waals surface area contributed by atoms with Crippen LogP contribution < -0.4 is 19.8 Å². The van der Waals surface area contributed by atoms with E-state index in [1.54, 1.807) is 14.2 Å². The van der Waals surface area contributed by atoms with Crippen molar-refractivity contribution in [2.45, 2.75) is 13.0 Å². The van der Waals surface area contributed by atoms with E-state index in [0.29, 0.717) is 30.2 Å². The summed E-state index contributed by atoms with van der Waals surface area (Å²) in [5.41, 5.74) is 3.71. The van der Waals surface area contributed by atoms with Crippen LogP contribution in [0.4, 0.5) is 0 Å². The molecule has 0 saturated carbocycles. The largest absolute Gasteiger partial charge is 0.493 e. The van der Waals surface area contributed by atoms with Crippen molar-refractivity contribution in [3.05, 3.63) is 88.3 Å². The highest BCUT2D eigenvalue weighted by molar-refractivity contribution is 5.86. The summed E-state index contributed by atoms with van der Waals surface area (Å²) < 4.78 is 22.5. The Morgan fingerprint density at radius 1 is 0.939 bits per heavy atom. The van der Waals surface area contributed by atoms with Crippen LogP contribution in [0.15, 0.2) is 75.9 Å². The fourth-order valence-electron chi connectivity index (χ4n) is 4.23. The number of methoxy groups -OCH3 is 2. The Bertz CT molecular complexity index is 1350. The van der Waals surface area contributed by atoms with Crippen molar-refractivity contribution in [3.8, 4) is 28.4 Å². The van der Waals surface area contributed by atoms with Crippen LogP contribution in [0.25, 0.3) is 22.1 Å². The molecule has 5 rings (SSSR count). The third kappa shape index (κ3) is 4.17. The molecule has 0 bridgehead atoms. The average Bonchev–Trinajstić information content (AvgIpc) is 2.87. The molecular weight excluding hydrogens is 418 g/mol. The Kier molecular flexibility index (Phi) is 5.75. The SMILES string of the molecule is COc1ccc(CCN2COc3ccc4cc(-c5ccccc5)c(=O)oc4c3C2)cc1OC. The van der Waals surface area contributed by atoms with Crippen molar-refractivity contribution in [3.63, 3.8) is 0 Å². The van der Waals surface area contributed by atoms with Gasteiger partial charge in [0.15, 0.2) is 11.5 Å². The molecule has 1 aromatic heterocycles. The second-order valence-corrected chi connectivity index (χ2v) is 8.04. The molecule has 6 heteroatoms. The number of nitrogens with zero attached hydrogens (tertiary/aromatic N) is 1. The van der Waals surface area contributed by atoms with Gasteiger partial charge in [0.05, 0.1) is 25.3 Å². The molecule has 0 unspecified atom stereocenters. The smallest absolute Gasteiger partial charge is 0.344 e. The van der Waals surface area contributed by atoms with Crippen LogP contribution in [0.5, 0.6) is 17.2 Å². The second-order valence-electron chi connectivity index (χ2n) is 8.04. The van der Waals surface area contributed by atoms with Crippen molar-refractivity contribution in [2.24, 2.45) is 0 Å². The van der Waals surface area contributed by atoms with Gasteiger partial charge < -0.3 is 18.6 Å². The third-order valence-corrected chi connectivity index (χ3v) is 6.00. The van der Waals surface area contributed by atoms with E-state index in [0.717, 1.165) is 46.5 Å². The molecule has 4 aromatic rings. The standard InChI is InChI=1S/C27H25NO5/c1-30-24-10-8-18(14-25(24)31-2)12-13-28-16-22-23(32-17-28)11-9-20-15-21(27(29)33-26(20)22)19-6-4-3-5-7-19/h3-11,14-15H,12-13,16-17H2,1-2H3. The summed E-state index contributed by atoms with van der Waals surface area (Å²) in [5, 5.41) is 0.887. The predicted octanol–water partition coefficient (Wildman–Crippen LogP) is 4.87. The first-order valence-electron chi connectivity index (χ1n) is 10.9. The van der Waals surface area contributed by atoms with Crippen LogP contribution in [0.1, 0.15) is 11.1 Å². The van der Waals surface area contributed by atoms with E-state index in [2.05, 4.69) is 4.90 Å². The summed E-state index contributed by atoms with van der Waals surface area (Å²) >= 11 is 0. The van der Waals surface area contributed by atoms with Gasteiger partial charge in [-0.25, -0.2) is 4.79 Å². The molecule has 0 fully saturated rings. The number of fused-ring (bicyclic) bond motifs is 3. The van der Waals surface area contributed by atoms with Gasteiger partial charge in [0.2, 0.25) is 0 Å². The third-order valence-electron chi connectivity index (χ3n) is 6.00. The molecule has 0 aliphatic carbocycles. The van der Waals surface area contributed by atoms with Gasteiger partial charge in [-0.05, 0) is 47.9 Å². The Labute approximate surface area is 191 Å². The van der Waals surface area contributed by atoms with Gasteiger partial charge in [-0.15, -0.1) is 0 Å². The summed E-state index contributed by atoms with van der Waals surface area (Å²) in [6, 6.07) is 21.3. The lowest BCUT2D eigenvalue weighted by Crippen LogP contribution is -2.33. The molecule has 0 amide bonds. The van der Waals surface area contributed by atoms with E-state index >= 15 is 0 Å². The Balaban J connectivity index is 1.39. The van der Waals surface area contributed by atoms with Crippen molar-refractivity contribution < 1.29 is 18.6 Å². The molecule has 0 radical (unpaired) electrons. The Hall–Kier alpha value is -3.77. The first-order chi connectivity index (χ1) is 16.2. The lowest BCUT2D eigenvalue weighted by Gasteiger charge is -2.29. The van der Waals surface area contributed by atoms with E-state index < -0.39 is 0 Å². The minimum absolute atomic E-state index is 0.343. The molecule has 2 heterocycles. The number of hydrogen-bond donors (Lipinski definition) is 0. The van der Waals surface area contributed by atoms with Crippen LogP contribution in [-0.2, 0) is 13.0 Å². The van der Waals surface area contributed by atoms with Gasteiger partial charge >= 0.3 is 5.63 Å². The van der Waals surface area contributed by atoms with Crippen LogP contribution in [0, 0.1) is 0 Å². The Morgan fingerprint density at radius 2 is 1.76 bits per heavy atom. The number of rotatable bonds is 6. The Morgan fingerprint density at radius 3 is 2.55 bits per heavy atom. The number of hydrogen-bond acceptors (Lipinski definition) is 6. The molecule has 1 aliphatic heterocycles. The van der Waals surface area contributed by atoms with Gasteiger partial charge in [0.1, 0.15) is 18.1 Å². The second kappa shape index (κ2) is 9.00. The van der Waals surface area contributed by atoms with Crippen LogP contribution in [0.3, 0.4) is 0 Å². The maximum Gasteiger partial charge on any atom is 0.344 e. The van der Waals surface area contributed by atoms with Gasteiger partial charge in [-0.1, -0.05) is 36.4 Å². The summed E-state index contributed by atoms with van der Waals surface area (Å²) in [5.74, 6) is 2.20. The first kappa shape index (κ1) is 21.1. The highest BCUT2D eigenvalue weighted by Crippen LogP contribution is 2.33. The molecular formula is C27H25NO5. The molecule has 6 nitrogen and oxygen atoms in total. The highest BCUT2D eigenvalue weighted by atomic mass is 16.5. The van der Waals surface area contributed by atoms with Crippen LogP contribution in [0.2, 0.25) is 0 Å². The summed E-state index contributed by atoms with van der Waals surface area (Å²) in [7, 11) is 3.27. The van der Waals surface area contributed by atoms with Crippen molar-refractivity contribution >= 4 is 11.0 Å². The van der Waals surface area contributed by atoms with Crippen LogP contribution >= 0.6 is 0 Å². The molecule has 0 saturated heterocycles. The van der Waals surface area contributed by atoms with Gasteiger partial charge in [-0.3, -0.25) is 4.90 Å². The normalized spacial score (nSPS) is 13.4. The van der Waals surface area contributed by atoms with E-state index in [1.807, 2.05) is 66.7 Å². The molecule has 33 heavy (non-hydrogen) atoms. The topological polar surface area (TPSA) is 61.1 Å². The number of benzene rings is 3. The zero-order valence-electron chi connectivity index (χ0n) is 18.7. The average molecular weight is 443 g/mol. The van der Waals surface area contributed by atoms with Gasteiger partial charge in [0, 0.05) is 18.5 Å². The summed E-state index contributed by atoms with van der Waals surface area (Å²) in [4.78, 5) is 15.0. The molecule has 0 atom stereocenters. The monoisotopic (exact) mass is 443 g/mol. The van der Waals surface area contributed by atoms with Gasteiger partial charge in [0.25, 0.3) is 0 Å². The quantitative estimate of drug-likeness (QED) is 0.396. The maximum absolute atomic E-state index is 12.8. The minimum Gasteiger partial charge on any atom is -0.493 e. The van der Waals surface area contributed by atoms with E-state index in [1.165, 1.54) is 0 Å². The molecule has 0 spiro atoms. The van der Waals surface area contributed by atoms with Gasteiger partial charge in [-0.2, -0.15) is 0 Å². The molecule has 1 aliphatic rings. The van der Waals surface area contributed by atoms with Crippen molar-refractivity contribution in [1.82, 2.24) is 4.90 Å². The maximum atomic E-state index is 12.8. The minimum atomic E-state index is -0.343. The van der Waals surface area contributed by atoms with Crippen LogP contribution in [-0.4, -0.2) is 32.4 Å². The molecule has 168 valence electrons. The van der Waals surface area contributed by atoms with E-state index in [-0.39, 0.29) is 5.63 Å². The highest BCUT2D eigenvalue weighted by Gasteiger charge is 2.22. The zero-order chi connectivity index (χ0) is 22.8. The fraction of sp³-hybridized carbons (Fsp3) is 0.222. The summed E-state index contributed by atoms with van der Waals surface area (Å²) in [6.07, 6.45) is 0.825. The van der Waals surface area contributed by atoms with E-state index in [9.17, 15) is 4.79 Å².